The van der Waals surface area contributed by atoms with Gasteiger partial charge in [0.25, 0.3) is 0 Å². The van der Waals surface area contributed by atoms with E-state index < -0.39 is 0 Å². The van der Waals surface area contributed by atoms with Crippen LogP contribution >= 0.6 is 0 Å². The van der Waals surface area contributed by atoms with Crippen LogP contribution < -0.4 is 0 Å². The summed E-state index contributed by atoms with van der Waals surface area (Å²) in [5.41, 5.74) is 1.09. The molecule has 0 saturated carbocycles. The summed E-state index contributed by atoms with van der Waals surface area (Å²) in [6, 6.07) is 0. The van der Waals surface area contributed by atoms with Crippen molar-refractivity contribution in [2.75, 3.05) is 0 Å². The van der Waals surface area contributed by atoms with Crippen molar-refractivity contribution in [1.82, 2.24) is 0 Å². The minimum absolute atomic E-state index is 0.736. The molecule has 0 N–H and O–H groups in total. The van der Waals surface area contributed by atoms with Crippen LogP contribution in [0.25, 0.3) is 0 Å². The van der Waals surface area contributed by atoms with Crippen LogP contribution in [0.2, 0.25) is 5.39 Å². The number of hydrogen-bond acceptors (Lipinski definition) is 0. The van der Waals surface area contributed by atoms with E-state index in [-0.39, 0.29) is 0 Å². The van der Waals surface area contributed by atoms with Gasteiger partial charge in [0.15, 0.2) is 0 Å². The van der Waals surface area contributed by atoms with Crippen LogP contribution in [-0.2, 0) is 15.5 Å². The first-order chi connectivity index (χ1) is 2.27. The van der Waals surface area contributed by atoms with Crippen LogP contribution in [0.4, 0.5) is 0 Å². The van der Waals surface area contributed by atoms with E-state index in [4.69, 9.17) is 0 Å². The van der Waals surface area contributed by atoms with E-state index in [1.165, 1.54) is 0 Å². The Morgan fingerprint density at radius 1 is 2.00 bits per heavy atom. The van der Waals surface area contributed by atoms with Crippen molar-refractivity contribution >= 4 is 0 Å². The molecule has 0 aliphatic rings. The molecule has 0 aliphatic carbocycles. The molecule has 0 unspecified atom stereocenters. The van der Waals surface area contributed by atoms with Crippen molar-refractivity contribution < 1.29 is 15.5 Å². The predicted octanol–water partition coefficient (Wildman–Crippen LogP) is 1.53. The third kappa shape index (κ3) is 4.23. The molecule has 0 nitrogen and oxygen atoms in total. The summed E-state index contributed by atoms with van der Waals surface area (Å²) in [4.78, 5) is 0. The molecule has 0 saturated heterocycles. The Kier molecular flexibility index (Phi) is 2.59. The van der Waals surface area contributed by atoms with E-state index in [0.717, 1.165) is 11.0 Å². The molecule has 0 amide bonds. The first-order valence-electron chi connectivity index (χ1n) is 1.43. The van der Waals surface area contributed by atoms with Crippen molar-refractivity contribution in [3.63, 3.8) is 0 Å². The fraction of sp³-hybridized carbons (Fsp3) is 0.500. The first kappa shape index (κ1) is 5.23. The molecule has 0 spiro atoms. The van der Waals surface area contributed by atoms with Crippen LogP contribution in [0.15, 0.2) is 12.2 Å². The van der Waals surface area contributed by atoms with E-state index in [1.54, 1.807) is 0 Å². The van der Waals surface area contributed by atoms with Crippen molar-refractivity contribution in [1.29, 1.82) is 0 Å². The van der Waals surface area contributed by atoms with Gasteiger partial charge in [0.2, 0.25) is 0 Å². The van der Waals surface area contributed by atoms with E-state index in [2.05, 4.69) is 22.0 Å². The van der Waals surface area contributed by atoms with Crippen LogP contribution in [0.5, 0.6) is 0 Å². The van der Waals surface area contributed by atoms with E-state index in [0.29, 0.717) is 0 Å². The molecule has 0 aliphatic heterocycles. The SMILES string of the molecule is C=C(C)[CH2][Ni]. The number of hydrogen-bond donors (Lipinski definition) is 0. The summed E-state index contributed by atoms with van der Waals surface area (Å²) in [5, 5.41) is 0.736. The Labute approximate surface area is 40.6 Å². The second-order valence-corrected chi connectivity index (χ2v) is 1.42. The van der Waals surface area contributed by atoms with Crippen LogP contribution in [0, 0.1) is 0 Å². The fourth-order valence-corrected chi connectivity index (χ4v) is 0. The summed E-state index contributed by atoms with van der Waals surface area (Å²) >= 11 is 4.33. The topological polar surface area (TPSA) is 0 Å². The Bertz CT molecular complexity index is 38.9. The maximum atomic E-state index is 4.33. The van der Waals surface area contributed by atoms with Gasteiger partial charge in [0.05, 0.1) is 0 Å². The van der Waals surface area contributed by atoms with Crippen molar-refractivity contribution in [3.8, 4) is 0 Å². The molecule has 0 atom stereocenters. The number of rotatable bonds is 1. The average molecular weight is 114 g/mol. The van der Waals surface area contributed by atoms with Crippen LogP contribution in [-0.4, -0.2) is 0 Å². The fourth-order valence-electron chi connectivity index (χ4n) is 0. The molecule has 5 heavy (non-hydrogen) atoms. The zero-order valence-corrected chi connectivity index (χ0v) is 4.22. The van der Waals surface area contributed by atoms with Gasteiger partial charge in [-0.1, -0.05) is 0 Å². The second-order valence-electron chi connectivity index (χ2n) is 1.07. The normalized spacial score (nSPS) is 7.80. The van der Waals surface area contributed by atoms with Gasteiger partial charge >= 0.3 is 39.9 Å². The summed E-state index contributed by atoms with van der Waals surface area (Å²) in [5.74, 6) is 0. The molecule has 0 rings (SSSR count). The molecule has 0 aromatic heterocycles. The standard InChI is InChI=1S/C4H7.Ni/c1-4(2)3;/h1-2H2,3H3;. The third-order valence-corrected chi connectivity index (χ3v) is 0.787. The maximum absolute atomic E-state index is 4.33. The van der Waals surface area contributed by atoms with Crippen molar-refractivity contribution in [2.45, 2.75) is 12.3 Å². The van der Waals surface area contributed by atoms with Gasteiger partial charge in [-0.15, -0.1) is 0 Å². The molecule has 0 radical (unpaired) electrons. The van der Waals surface area contributed by atoms with Crippen molar-refractivity contribution in [3.05, 3.63) is 12.2 Å². The Balaban J connectivity index is 2.85. The van der Waals surface area contributed by atoms with Gasteiger partial charge in [0.1, 0.15) is 0 Å². The molecule has 1 heteroatoms. The van der Waals surface area contributed by atoms with E-state index in [1.807, 2.05) is 6.92 Å². The van der Waals surface area contributed by atoms with Gasteiger partial charge in [-0.25, -0.2) is 0 Å². The summed E-state index contributed by atoms with van der Waals surface area (Å²) in [6.07, 6.45) is 0. The van der Waals surface area contributed by atoms with Crippen LogP contribution in [0.1, 0.15) is 6.92 Å². The summed E-state index contributed by atoms with van der Waals surface area (Å²) < 4.78 is 0. The quantitative estimate of drug-likeness (QED) is 0.358. The number of allylic oxidation sites excluding steroid dienone is 1. The summed E-state index contributed by atoms with van der Waals surface area (Å²) in [6.45, 7) is 5.51. The molecule has 0 heterocycles. The molecule has 33 valence electrons. The molecule has 0 aromatic rings. The van der Waals surface area contributed by atoms with Gasteiger partial charge < -0.3 is 0 Å². The molecule has 0 aromatic carbocycles. The average Bonchev–Trinajstić information content (AvgIpc) is 1.38. The Morgan fingerprint density at radius 3 is 2.20 bits per heavy atom. The predicted molar refractivity (Wildman–Crippen MR) is 19.6 cm³/mol. The molecule has 0 bridgehead atoms. The monoisotopic (exact) mass is 113 g/mol. The Hall–Kier alpha value is 0.234. The van der Waals surface area contributed by atoms with Gasteiger partial charge in [-0.2, -0.15) is 0 Å². The molecular weight excluding hydrogens is 107 g/mol. The van der Waals surface area contributed by atoms with Gasteiger partial charge in [-0.3, -0.25) is 0 Å². The zero-order chi connectivity index (χ0) is 4.28. The van der Waals surface area contributed by atoms with E-state index >= 15 is 0 Å². The molecular formula is C4H7Ni. The third-order valence-electron chi connectivity index (χ3n) is 0.191. The Morgan fingerprint density at radius 2 is 2.20 bits per heavy atom. The first-order valence-corrected chi connectivity index (χ1v) is 2.13. The second kappa shape index (κ2) is 2.47. The van der Waals surface area contributed by atoms with Gasteiger partial charge in [-0.05, 0) is 0 Å². The minimum atomic E-state index is 0.736. The zero-order valence-electron chi connectivity index (χ0n) is 3.23. The molecule has 0 fully saturated rings. The summed E-state index contributed by atoms with van der Waals surface area (Å²) in [7, 11) is 0. The van der Waals surface area contributed by atoms with Crippen molar-refractivity contribution in [2.24, 2.45) is 0 Å². The van der Waals surface area contributed by atoms with Crippen LogP contribution in [0.3, 0.4) is 0 Å². The van der Waals surface area contributed by atoms with E-state index in [9.17, 15) is 0 Å². The van der Waals surface area contributed by atoms with Gasteiger partial charge in [0, 0.05) is 0 Å².